The molecule has 0 atom stereocenters. The van der Waals surface area contributed by atoms with Crippen LogP contribution >= 0.6 is 59.1 Å². The van der Waals surface area contributed by atoms with Gasteiger partial charge in [0.25, 0.3) is 0 Å². The number of rotatable bonds is 3. The summed E-state index contributed by atoms with van der Waals surface area (Å²) in [6, 6.07) is 14.7. The molecule has 0 radical (unpaired) electrons. The average Bonchev–Trinajstić information content (AvgIpc) is 2.77. The minimum atomic E-state index is 0.820. The maximum atomic E-state index is 3.60. The van der Waals surface area contributed by atoms with Crippen LogP contribution in [0.5, 0.6) is 0 Å². The van der Waals surface area contributed by atoms with Gasteiger partial charge < -0.3 is 5.32 Å². The van der Waals surface area contributed by atoms with E-state index in [-0.39, 0.29) is 0 Å². The van der Waals surface area contributed by atoms with Gasteiger partial charge in [-0.2, -0.15) is 0 Å². The zero-order valence-corrected chi connectivity index (χ0v) is 15.9. The molecular weight excluding hydrogens is 466 g/mol. The van der Waals surface area contributed by atoms with Gasteiger partial charge in [0.15, 0.2) is 0 Å². The summed E-state index contributed by atoms with van der Waals surface area (Å²) in [5, 5.41) is 5.98. The lowest BCUT2D eigenvalue weighted by Crippen LogP contribution is -1.98. The molecule has 3 aromatic rings. The molecule has 0 saturated carbocycles. The second-order valence-corrected chi connectivity index (χ2v) is 8.49. The lowest BCUT2D eigenvalue weighted by atomic mass is 10.1. The maximum Gasteiger partial charge on any atom is 0.0843 e. The third kappa shape index (κ3) is 2.96. The van der Waals surface area contributed by atoms with Crippen molar-refractivity contribution in [2.75, 3.05) is 5.32 Å². The molecule has 0 unspecified atom stereocenters. The Morgan fingerprint density at radius 3 is 2.35 bits per heavy atom. The Labute approximate surface area is 146 Å². The van der Waals surface area contributed by atoms with Crippen molar-refractivity contribution in [2.45, 2.75) is 6.54 Å². The predicted molar refractivity (Wildman–Crippen MR) is 98.7 cm³/mol. The monoisotopic (exact) mass is 473 g/mol. The number of benzene rings is 2. The largest absolute Gasteiger partial charge is 0.380 e. The number of nitrogens with one attached hydrogen (secondary N) is 1. The van der Waals surface area contributed by atoms with Crippen molar-refractivity contribution in [2.24, 2.45) is 0 Å². The summed E-state index contributed by atoms with van der Waals surface area (Å²) < 4.78 is 3.37. The first kappa shape index (κ1) is 14.6. The molecule has 0 aliphatic heterocycles. The second-order valence-electron chi connectivity index (χ2n) is 4.33. The van der Waals surface area contributed by atoms with E-state index in [1.54, 1.807) is 11.3 Å². The third-order valence-corrected chi connectivity index (χ3v) is 6.97. The smallest absolute Gasteiger partial charge is 0.0843 e. The third-order valence-electron chi connectivity index (χ3n) is 3.02. The van der Waals surface area contributed by atoms with Crippen molar-refractivity contribution in [3.05, 3.63) is 60.1 Å². The van der Waals surface area contributed by atoms with Crippen LogP contribution in [0.2, 0.25) is 0 Å². The van der Waals surface area contributed by atoms with Crippen molar-refractivity contribution in [3.8, 4) is 0 Å². The molecule has 0 bridgehead atoms. The van der Waals surface area contributed by atoms with E-state index < -0.39 is 0 Å². The van der Waals surface area contributed by atoms with Crippen molar-refractivity contribution >= 4 is 75.6 Å². The van der Waals surface area contributed by atoms with Crippen molar-refractivity contribution < 1.29 is 0 Å². The van der Waals surface area contributed by atoms with Crippen molar-refractivity contribution in [1.29, 1.82) is 0 Å². The zero-order chi connectivity index (χ0) is 14.1. The second kappa shape index (κ2) is 6.18. The first-order valence-corrected chi connectivity index (χ1v) is 9.19. The van der Waals surface area contributed by atoms with Gasteiger partial charge in [-0.1, -0.05) is 40.2 Å². The topological polar surface area (TPSA) is 12.0 Å². The van der Waals surface area contributed by atoms with Gasteiger partial charge in [0, 0.05) is 31.4 Å². The van der Waals surface area contributed by atoms with Crippen LogP contribution in [0, 0.1) is 0 Å². The summed E-state index contributed by atoms with van der Waals surface area (Å²) >= 11 is 12.4. The number of anilines is 1. The zero-order valence-electron chi connectivity index (χ0n) is 10.3. The van der Waals surface area contributed by atoms with E-state index in [0.29, 0.717) is 0 Å². The first-order valence-electron chi connectivity index (χ1n) is 6.00. The van der Waals surface area contributed by atoms with Gasteiger partial charge in [0.2, 0.25) is 0 Å². The van der Waals surface area contributed by atoms with Crippen molar-refractivity contribution in [3.63, 3.8) is 0 Å². The van der Waals surface area contributed by atoms with E-state index in [2.05, 4.69) is 95.6 Å². The molecule has 0 aliphatic carbocycles. The fraction of sp³-hybridized carbons (Fsp3) is 0.0667. The van der Waals surface area contributed by atoms with E-state index >= 15 is 0 Å². The van der Waals surface area contributed by atoms with Crippen LogP contribution in [-0.2, 0) is 6.54 Å². The summed E-state index contributed by atoms with van der Waals surface area (Å²) in [5.74, 6) is 0. The number of thiophene rings is 1. The van der Waals surface area contributed by atoms with E-state index in [1.165, 1.54) is 15.6 Å². The fourth-order valence-electron chi connectivity index (χ4n) is 2.08. The Bertz CT molecular complexity index is 747. The summed E-state index contributed by atoms with van der Waals surface area (Å²) in [7, 11) is 0. The maximum absolute atomic E-state index is 3.60. The normalized spacial score (nSPS) is 10.9. The van der Waals surface area contributed by atoms with Gasteiger partial charge in [-0.15, -0.1) is 11.3 Å². The van der Waals surface area contributed by atoms with Crippen LogP contribution in [0.3, 0.4) is 0 Å². The molecule has 0 saturated heterocycles. The predicted octanol–water partition coefficient (Wildman–Crippen LogP) is 6.80. The van der Waals surface area contributed by atoms with E-state index in [1.807, 2.05) is 0 Å². The van der Waals surface area contributed by atoms with Gasteiger partial charge in [-0.05, 0) is 55.4 Å². The van der Waals surface area contributed by atoms with Crippen LogP contribution in [0.25, 0.3) is 10.8 Å². The van der Waals surface area contributed by atoms with Crippen LogP contribution < -0.4 is 5.32 Å². The Morgan fingerprint density at radius 1 is 0.900 bits per heavy atom. The highest BCUT2D eigenvalue weighted by molar-refractivity contribution is 9.13. The molecule has 2 aromatic carbocycles. The highest BCUT2D eigenvalue weighted by atomic mass is 79.9. The van der Waals surface area contributed by atoms with Crippen molar-refractivity contribution in [1.82, 2.24) is 0 Å². The molecule has 1 N–H and O–H groups in total. The summed E-state index contributed by atoms with van der Waals surface area (Å²) in [5.41, 5.74) is 1.16. The summed E-state index contributed by atoms with van der Waals surface area (Å²) in [6.45, 7) is 0.820. The van der Waals surface area contributed by atoms with Crippen LogP contribution in [-0.4, -0.2) is 0 Å². The van der Waals surface area contributed by atoms with Gasteiger partial charge in [-0.25, -0.2) is 0 Å². The number of hydrogen-bond donors (Lipinski definition) is 1. The Balaban J connectivity index is 1.89. The lowest BCUT2D eigenvalue weighted by Gasteiger charge is -2.10. The van der Waals surface area contributed by atoms with Crippen LogP contribution in [0.4, 0.5) is 5.69 Å². The number of fused-ring (bicyclic) bond motifs is 1. The lowest BCUT2D eigenvalue weighted by molar-refractivity contribution is 1.20. The Morgan fingerprint density at radius 2 is 1.65 bits per heavy atom. The molecule has 0 spiro atoms. The van der Waals surface area contributed by atoms with Gasteiger partial charge in [0.05, 0.1) is 3.79 Å². The van der Waals surface area contributed by atoms with Gasteiger partial charge in [0.1, 0.15) is 0 Å². The van der Waals surface area contributed by atoms with E-state index in [0.717, 1.165) is 25.0 Å². The SMILES string of the molecule is Brc1cc(CNc2ccc(Br)c3ccccc23)sc1Br. The quantitative estimate of drug-likeness (QED) is 0.439. The van der Waals surface area contributed by atoms with Crippen LogP contribution in [0.1, 0.15) is 4.88 Å². The number of hydrogen-bond acceptors (Lipinski definition) is 2. The van der Waals surface area contributed by atoms with E-state index in [4.69, 9.17) is 0 Å². The molecule has 5 heteroatoms. The molecule has 0 aliphatic rings. The molecule has 102 valence electrons. The Hall–Kier alpha value is -0.360. The van der Waals surface area contributed by atoms with Crippen LogP contribution in [0.15, 0.2) is 55.2 Å². The molecular formula is C15H10Br3NS. The number of halogens is 3. The molecule has 3 rings (SSSR count). The first-order chi connectivity index (χ1) is 9.65. The molecule has 20 heavy (non-hydrogen) atoms. The van der Waals surface area contributed by atoms with E-state index in [9.17, 15) is 0 Å². The fourth-order valence-corrected chi connectivity index (χ4v) is 4.67. The summed E-state index contributed by atoms with van der Waals surface area (Å²) in [6.07, 6.45) is 0. The molecule has 0 amide bonds. The molecule has 1 aromatic heterocycles. The van der Waals surface area contributed by atoms with Gasteiger partial charge in [-0.3, -0.25) is 0 Å². The Kier molecular flexibility index (Phi) is 4.50. The minimum absolute atomic E-state index is 0.820. The van der Waals surface area contributed by atoms with Gasteiger partial charge >= 0.3 is 0 Å². The molecule has 1 heterocycles. The standard InChI is InChI=1S/C15H10Br3NS/c16-12-5-6-14(11-4-2-1-3-10(11)12)19-8-9-7-13(17)15(18)20-9/h1-7,19H,8H2. The average molecular weight is 476 g/mol. The molecule has 1 nitrogen and oxygen atoms in total. The highest BCUT2D eigenvalue weighted by Crippen LogP contribution is 2.34. The highest BCUT2D eigenvalue weighted by Gasteiger charge is 2.06. The molecule has 0 fully saturated rings. The minimum Gasteiger partial charge on any atom is -0.380 e. The summed E-state index contributed by atoms with van der Waals surface area (Å²) in [4.78, 5) is 1.29.